The SMILES string of the molecule is CN(C)S(=O)(=O)c1ccc(-c2nc(C#N)c(N3CCN(C(c4ccccc4)c4ccccc4)CC3)o2)cc1. The van der Waals surface area contributed by atoms with Crippen LogP contribution in [0.1, 0.15) is 22.9 Å². The van der Waals surface area contributed by atoms with Gasteiger partial charge in [-0.1, -0.05) is 60.7 Å². The van der Waals surface area contributed by atoms with E-state index in [0.29, 0.717) is 30.4 Å². The maximum atomic E-state index is 12.4. The molecule has 2 heterocycles. The van der Waals surface area contributed by atoms with Crippen LogP contribution in [-0.4, -0.2) is 62.9 Å². The average Bonchev–Trinajstić information content (AvgIpc) is 3.39. The Morgan fingerprint density at radius 1 is 0.868 bits per heavy atom. The lowest BCUT2D eigenvalue weighted by atomic mass is 9.96. The van der Waals surface area contributed by atoms with Crippen molar-refractivity contribution in [3.63, 3.8) is 0 Å². The monoisotopic (exact) mass is 527 g/mol. The van der Waals surface area contributed by atoms with Crippen molar-refractivity contribution in [3.8, 4) is 17.5 Å². The first-order valence-corrected chi connectivity index (χ1v) is 13.9. The van der Waals surface area contributed by atoms with E-state index in [-0.39, 0.29) is 16.6 Å². The summed E-state index contributed by atoms with van der Waals surface area (Å²) >= 11 is 0. The van der Waals surface area contributed by atoms with E-state index in [0.717, 1.165) is 13.1 Å². The van der Waals surface area contributed by atoms with Crippen LogP contribution < -0.4 is 4.90 Å². The number of rotatable bonds is 7. The van der Waals surface area contributed by atoms with Crippen molar-refractivity contribution < 1.29 is 12.8 Å². The summed E-state index contributed by atoms with van der Waals surface area (Å²) in [6, 6.07) is 29.6. The van der Waals surface area contributed by atoms with Crippen LogP contribution in [0.4, 0.5) is 5.88 Å². The van der Waals surface area contributed by atoms with E-state index in [1.54, 1.807) is 12.1 Å². The number of nitriles is 1. The lowest BCUT2D eigenvalue weighted by Gasteiger charge is -2.39. The van der Waals surface area contributed by atoms with Crippen LogP contribution in [0.3, 0.4) is 0 Å². The van der Waals surface area contributed by atoms with Crippen LogP contribution in [0.15, 0.2) is 94.2 Å². The third-order valence-electron chi connectivity index (χ3n) is 6.79. The highest BCUT2D eigenvalue weighted by molar-refractivity contribution is 7.89. The largest absolute Gasteiger partial charge is 0.419 e. The van der Waals surface area contributed by atoms with Crippen molar-refractivity contribution in [2.75, 3.05) is 45.2 Å². The summed E-state index contributed by atoms with van der Waals surface area (Å²) in [5.74, 6) is 0.738. The van der Waals surface area contributed by atoms with Gasteiger partial charge in [0.05, 0.1) is 10.9 Å². The van der Waals surface area contributed by atoms with E-state index in [2.05, 4.69) is 69.4 Å². The number of piperazine rings is 1. The van der Waals surface area contributed by atoms with Crippen molar-refractivity contribution in [2.24, 2.45) is 0 Å². The summed E-state index contributed by atoms with van der Waals surface area (Å²) in [6.07, 6.45) is 0. The Morgan fingerprint density at radius 3 is 1.92 bits per heavy atom. The zero-order chi connectivity index (χ0) is 26.7. The number of nitrogens with zero attached hydrogens (tertiary/aromatic N) is 5. The fourth-order valence-electron chi connectivity index (χ4n) is 4.77. The zero-order valence-electron chi connectivity index (χ0n) is 21.4. The molecule has 0 atom stereocenters. The van der Waals surface area contributed by atoms with Gasteiger partial charge in [0.1, 0.15) is 6.07 Å². The summed E-state index contributed by atoms with van der Waals surface area (Å²) < 4.78 is 32.0. The first kappa shape index (κ1) is 25.7. The van der Waals surface area contributed by atoms with E-state index < -0.39 is 10.0 Å². The molecule has 194 valence electrons. The second-order valence-corrected chi connectivity index (χ2v) is 11.5. The standard InChI is InChI=1S/C29H29N5O3S/c1-32(2)38(35,36)25-15-13-24(14-16-25)28-31-26(21-30)29(37-28)34-19-17-33(18-20-34)27(22-9-5-3-6-10-22)23-11-7-4-8-12-23/h3-16,27H,17-20H2,1-2H3. The summed E-state index contributed by atoms with van der Waals surface area (Å²) in [7, 11) is -0.555. The Morgan fingerprint density at radius 2 is 1.42 bits per heavy atom. The van der Waals surface area contributed by atoms with Gasteiger partial charge in [0, 0.05) is 45.8 Å². The Kier molecular flexibility index (Phi) is 7.29. The number of hydrogen-bond donors (Lipinski definition) is 0. The van der Waals surface area contributed by atoms with Crippen LogP contribution in [-0.2, 0) is 10.0 Å². The van der Waals surface area contributed by atoms with Crippen LogP contribution >= 0.6 is 0 Å². The van der Waals surface area contributed by atoms with Crippen molar-refractivity contribution in [3.05, 3.63) is 102 Å². The third-order valence-corrected chi connectivity index (χ3v) is 8.62. The van der Waals surface area contributed by atoms with Gasteiger partial charge in [-0.25, -0.2) is 12.7 Å². The normalized spacial score (nSPS) is 14.7. The quantitative estimate of drug-likeness (QED) is 0.352. The van der Waals surface area contributed by atoms with E-state index in [9.17, 15) is 13.7 Å². The first-order chi connectivity index (χ1) is 18.4. The van der Waals surface area contributed by atoms with Crippen LogP contribution in [0, 0.1) is 11.3 Å². The van der Waals surface area contributed by atoms with Crippen molar-refractivity contribution in [2.45, 2.75) is 10.9 Å². The lowest BCUT2D eigenvalue weighted by molar-refractivity contribution is 0.209. The van der Waals surface area contributed by atoms with Gasteiger partial charge in [-0.3, -0.25) is 4.90 Å². The topological polar surface area (TPSA) is 93.7 Å². The van der Waals surface area contributed by atoms with E-state index >= 15 is 0 Å². The highest BCUT2D eigenvalue weighted by atomic mass is 32.2. The third kappa shape index (κ3) is 5.07. The molecule has 1 fully saturated rings. The predicted molar refractivity (Wildman–Crippen MR) is 146 cm³/mol. The van der Waals surface area contributed by atoms with Gasteiger partial charge in [-0.2, -0.15) is 10.2 Å². The average molecular weight is 528 g/mol. The number of benzene rings is 3. The minimum absolute atomic E-state index is 0.136. The molecule has 38 heavy (non-hydrogen) atoms. The van der Waals surface area contributed by atoms with Crippen LogP contribution in [0.5, 0.6) is 0 Å². The first-order valence-electron chi connectivity index (χ1n) is 12.4. The van der Waals surface area contributed by atoms with Gasteiger partial charge in [0.2, 0.25) is 27.5 Å². The van der Waals surface area contributed by atoms with Crippen LogP contribution in [0.25, 0.3) is 11.5 Å². The summed E-state index contributed by atoms with van der Waals surface area (Å²) in [5, 5.41) is 9.76. The van der Waals surface area contributed by atoms with Gasteiger partial charge in [0.25, 0.3) is 0 Å². The molecule has 4 aromatic rings. The molecule has 0 spiro atoms. The highest BCUT2D eigenvalue weighted by Crippen LogP contribution is 2.33. The van der Waals surface area contributed by atoms with Gasteiger partial charge >= 0.3 is 0 Å². The second kappa shape index (κ2) is 10.8. The molecule has 0 aliphatic carbocycles. The molecule has 8 nitrogen and oxygen atoms in total. The molecule has 3 aromatic carbocycles. The maximum Gasteiger partial charge on any atom is 0.242 e. The molecule has 1 aromatic heterocycles. The van der Waals surface area contributed by atoms with E-state index in [4.69, 9.17) is 4.42 Å². The van der Waals surface area contributed by atoms with Crippen molar-refractivity contribution in [1.29, 1.82) is 5.26 Å². The van der Waals surface area contributed by atoms with Crippen molar-refractivity contribution >= 4 is 15.9 Å². The number of oxazole rings is 1. The Bertz CT molecular complexity index is 1480. The van der Waals surface area contributed by atoms with Gasteiger partial charge < -0.3 is 9.32 Å². The fraction of sp³-hybridized carbons (Fsp3) is 0.241. The number of aromatic nitrogens is 1. The second-order valence-electron chi connectivity index (χ2n) is 9.34. The molecule has 0 radical (unpaired) electrons. The molecule has 5 rings (SSSR count). The number of hydrogen-bond acceptors (Lipinski definition) is 7. The fourth-order valence-corrected chi connectivity index (χ4v) is 5.67. The number of anilines is 1. The zero-order valence-corrected chi connectivity index (χ0v) is 22.2. The summed E-state index contributed by atoms with van der Waals surface area (Å²) in [6.45, 7) is 2.93. The Hall–Kier alpha value is -3.97. The molecule has 1 aliphatic heterocycles. The Labute approximate surface area is 223 Å². The van der Waals surface area contributed by atoms with Crippen molar-refractivity contribution in [1.82, 2.24) is 14.2 Å². The molecular weight excluding hydrogens is 498 g/mol. The molecular formula is C29H29N5O3S. The van der Waals surface area contributed by atoms with Crippen LogP contribution in [0.2, 0.25) is 0 Å². The number of sulfonamides is 1. The van der Waals surface area contributed by atoms with Gasteiger partial charge in [0.15, 0.2) is 0 Å². The molecule has 0 saturated carbocycles. The molecule has 1 saturated heterocycles. The maximum absolute atomic E-state index is 12.4. The minimum atomic E-state index is -3.54. The molecule has 0 unspecified atom stereocenters. The minimum Gasteiger partial charge on any atom is -0.419 e. The molecule has 0 N–H and O–H groups in total. The molecule has 9 heteroatoms. The van der Waals surface area contributed by atoms with Gasteiger partial charge in [-0.15, -0.1) is 0 Å². The smallest absolute Gasteiger partial charge is 0.242 e. The molecule has 0 bridgehead atoms. The summed E-state index contributed by atoms with van der Waals surface area (Å²) in [4.78, 5) is 9.10. The van der Waals surface area contributed by atoms with E-state index in [1.807, 2.05) is 12.1 Å². The lowest BCUT2D eigenvalue weighted by Crippen LogP contribution is -2.48. The predicted octanol–water partition coefficient (Wildman–Crippen LogP) is 4.38. The Balaban J connectivity index is 1.35. The highest BCUT2D eigenvalue weighted by Gasteiger charge is 2.29. The summed E-state index contributed by atoms with van der Waals surface area (Å²) in [5.41, 5.74) is 3.32. The van der Waals surface area contributed by atoms with E-state index in [1.165, 1.54) is 41.7 Å². The molecule has 0 amide bonds. The molecule has 1 aliphatic rings. The van der Waals surface area contributed by atoms with Gasteiger partial charge in [-0.05, 0) is 35.4 Å².